The second kappa shape index (κ2) is 14.0. The third-order valence-corrected chi connectivity index (χ3v) is 4.95. The van der Waals surface area contributed by atoms with Crippen LogP contribution in [0.25, 0.3) is 0 Å². The molecule has 0 aliphatic carbocycles. The molecule has 12 heteroatoms. The van der Waals surface area contributed by atoms with Gasteiger partial charge in [0, 0.05) is 50.0 Å². The number of aromatic nitrogens is 1. The number of nitrogens with one attached hydrogen (secondary N) is 1. The van der Waals surface area contributed by atoms with Crippen molar-refractivity contribution in [3.63, 3.8) is 0 Å². The minimum absolute atomic E-state index is 0.0827. The minimum atomic E-state index is -0.697. The molecule has 0 bridgehead atoms. The Morgan fingerprint density at radius 3 is 2.86 bits per heavy atom. The van der Waals surface area contributed by atoms with Gasteiger partial charge in [0.2, 0.25) is 5.91 Å². The SMILES string of the molecule is CC(=O)OCCN(C(=O)[C@@H](N)CSCCNCC=NOC(C)=O)c1nccs1. The van der Waals surface area contributed by atoms with Crippen LogP contribution in [0.15, 0.2) is 16.7 Å². The number of rotatable bonds is 13. The molecule has 0 aromatic carbocycles. The van der Waals surface area contributed by atoms with Crippen molar-refractivity contribution in [3.8, 4) is 0 Å². The van der Waals surface area contributed by atoms with Crippen molar-refractivity contribution in [2.24, 2.45) is 10.9 Å². The molecule has 0 spiro atoms. The number of thioether (sulfide) groups is 1. The maximum atomic E-state index is 12.6. The minimum Gasteiger partial charge on any atom is -0.464 e. The van der Waals surface area contributed by atoms with Gasteiger partial charge in [-0.3, -0.25) is 14.5 Å². The molecule has 1 aromatic rings. The second-order valence-corrected chi connectivity index (χ2v) is 7.42. The second-order valence-electron chi connectivity index (χ2n) is 5.40. The standard InChI is InChI=1S/C16H25N5O5S2/c1-12(22)25-8-7-21(16-19-6-10-28-16)15(24)14(17)11-27-9-5-18-3-4-20-26-13(2)23/h4,6,10,14,18H,3,5,7-9,11,17H2,1-2H3/t14-/m0/s1. The summed E-state index contributed by atoms with van der Waals surface area (Å²) in [7, 11) is 0. The van der Waals surface area contributed by atoms with Crippen LogP contribution < -0.4 is 16.0 Å². The van der Waals surface area contributed by atoms with Crippen LogP contribution in [0.3, 0.4) is 0 Å². The number of hydrogen-bond acceptors (Lipinski definition) is 11. The van der Waals surface area contributed by atoms with Crippen LogP contribution in [0.2, 0.25) is 0 Å². The van der Waals surface area contributed by atoms with Crippen LogP contribution in [-0.4, -0.2) is 72.8 Å². The van der Waals surface area contributed by atoms with Gasteiger partial charge >= 0.3 is 11.9 Å². The summed E-state index contributed by atoms with van der Waals surface area (Å²) < 4.78 is 4.92. The number of carbonyl (C=O) groups excluding carboxylic acids is 3. The van der Waals surface area contributed by atoms with Crippen LogP contribution in [0.5, 0.6) is 0 Å². The highest BCUT2D eigenvalue weighted by molar-refractivity contribution is 7.99. The fraction of sp³-hybridized carbons (Fsp3) is 0.562. The van der Waals surface area contributed by atoms with E-state index < -0.39 is 18.0 Å². The van der Waals surface area contributed by atoms with E-state index >= 15 is 0 Å². The first kappa shape index (κ1) is 24.0. The molecule has 3 N–H and O–H groups in total. The van der Waals surface area contributed by atoms with Crippen molar-refractivity contribution in [2.45, 2.75) is 19.9 Å². The molecule has 1 aromatic heterocycles. The average Bonchev–Trinajstić information content (AvgIpc) is 3.17. The lowest BCUT2D eigenvalue weighted by Crippen LogP contribution is -2.46. The summed E-state index contributed by atoms with van der Waals surface area (Å²) in [6.45, 7) is 4.02. The Kier molecular flexibility index (Phi) is 12.0. The van der Waals surface area contributed by atoms with Gasteiger partial charge in [0.1, 0.15) is 6.61 Å². The van der Waals surface area contributed by atoms with Gasteiger partial charge in [-0.1, -0.05) is 5.16 Å². The number of anilines is 1. The zero-order valence-corrected chi connectivity index (χ0v) is 17.5. The number of thiazole rings is 1. The Morgan fingerprint density at radius 2 is 2.21 bits per heavy atom. The Morgan fingerprint density at radius 1 is 1.43 bits per heavy atom. The summed E-state index contributed by atoms with van der Waals surface area (Å²) in [5.41, 5.74) is 6.03. The lowest BCUT2D eigenvalue weighted by atomic mass is 10.3. The summed E-state index contributed by atoms with van der Waals surface area (Å²) in [5.74, 6) is 0.0443. The lowest BCUT2D eigenvalue weighted by Gasteiger charge is -2.23. The predicted octanol–water partition coefficient (Wildman–Crippen LogP) is 0.238. The summed E-state index contributed by atoms with van der Waals surface area (Å²) in [6, 6.07) is -0.697. The Balaban J connectivity index is 2.32. The van der Waals surface area contributed by atoms with Crippen LogP contribution >= 0.6 is 23.1 Å². The predicted molar refractivity (Wildman–Crippen MR) is 110 cm³/mol. The Labute approximate surface area is 171 Å². The maximum Gasteiger partial charge on any atom is 0.331 e. The topological polar surface area (TPSA) is 136 Å². The van der Waals surface area contributed by atoms with Crippen molar-refractivity contribution in [1.82, 2.24) is 10.3 Å². The number of ether oxygens (including phenoxy) is 1. The van der Waals surface area contributed by atoms with Gasteiger partial charge in [0.15, 0.2) is 5.13 Å². The van der Waals surface area contributed by atoms with Crippen molar-refractivity contribution in [2.75, 3.05) is 42.6 Å². The third-order valence-electron chi connectivity index (χ3n) is 3.07. The first-order chi connectivity index (χ1) is 13.4. The number of hydrogen-bond donors (Lipinski definition) is 2. The number of carbonyl (C=O) groups is 3. The van der Waals surface area contributed by atoms with E-state index in [2.05, 4.69) is 20.3 Å². The van der Waals surface area contributed by atoms with Crippen LogP contribution in [0.4, 0.5) is 5.13 Å². The first-order valence-corrected chi connectivity index (χ1v) is 10.5. The Bertz CT molecular complexity index is 641. The van der Waals surface area contributed by atoms with Crippen molar-refractivity contribution >= 4 is 52.3 Å². The molecule has 1 heterocycles. The molecule has 0 saturated heterocycles. The number of nitrogens with zero attached hydrogens (tertiary/aromatic N) is 3. The summed E-state index contributed by atoms with van der Waals surface area (Å²) in [5, 5.41) is 8.84. The number of esters is 1. The van der Waals surface area contributed by atoms with Gasteiger partial charge in [-0.2, -0.15) is 11.8 Å². The summed E-state index contributed by atoms with van der Waals surface area (Å²) in [4.78, 5) is 44.1. The number of nitrogens with two attached hydrogens (primary N) is 1. The molecule has 0 saturated carbocycles. The molecule has 0 aliphatic rings. The van der Waals surface area contributed by atoms with Gasteiger partial charge in [-0.25, -0.2) is 9.78 Å². The molecule has 156 valence electrons. The van der Waals surface area contributed by atoms with E-state index in [0.29, 0.717) is 24.0 Å². The molecule has 1 atom stereocenters. The van der Waals surface area contributed by atoms with E-state index in [4.69, 9.17) is 10.5 Å². The quantitative estimate of drug-likeness (QED) is 0.148. The zero-order chi connectivity index (χ0) is 20.8. The molecule has 1 amide bonds. The van der Waals surface area contributed by atoms with Gasteiger partial charge in [0.05, 0.1) is 18.8 Å². The number of oxime groups is 1. The average molecular weight is 432 g/mol. The molecule has 1 rings (SSSR count). The number of amides is 1. The molecule has 0 fully saturated rings. The normalized spacial score (nSPS) is 12.0. The molecule has 0 aliphatic heterocycles. The third kappa shape index (κ3) is 10.3. The maximum absolute atomic E-state index is 12.6. The van der Waals surface area contributed by atoms with Crippen LogP contribution in [0.1, 0.15) is 13.8 Å². The lowest BCUT2D eigenvalue weighted by molar-refractivity contribution is -0.141. The fourth-order valence-electron chi connectivity index (χ4n) is 1.87. The largest absolute Gasteiger partial charge is 0.464 e. The van der Waals surface area contributed by atoms with Crippen LogP contribution in [-0.2, 0) is 24.0 Å². The van der Waals surface area contributed by atoms with Gasteiger partial charge < -0.3 is 20.6 Å². The molecule has 0 unspecified atom stereocenters. The van der Waals surface area contributed by atoms with Gasteiger partial charge in [-0.05, 0) is 0 Å². The molecule has 0 radical (unpaired) electrons. The zero-order valence-electron chi connectivity index (χ0n) is 15.8. The van der Waals surface area contributed by atoms with E-state index in [0.717, 1.165) is 5.75 Å². The van der Waals surface area contributed by atoms with E-state index in [9.17, 15) is 14.4 Å². The summed E-state index contributed by atoms with van der Waals surface area (Å²) in [6.07, 6.45) is 3.05. The van der Waals surface area contributed by atoms with E-state index in [1.54, 1.807) is 11.6 Å². The fourth-order valence-corrected chi connectivity index (χ4v) is 3.40. The molecular weight excluding hydrogens is 406 g/mol. The Hall–Kier alpha value is -2.02. The van der Waals surface area contributed by atoms with Crippen molar-refractivity contribution < 1.29 is 24.0 Å². The van der Waals surface area contributed by atoms with E-state index in [-0.39, 0.29) is 19.1 Å². The van der Waals surface area contributed by atoms with Gasteiger partial charge in [-0.15, -0.1) is 11.3 Å². The molecule has 28 heavy (non-hydrogen) atoms. The highest BCUT2D eigenvalue weighted by Gasteiger charge is 2.24. The monoisotopic (exact) mass is 431 g/mol. The summed E-state index contributed by atoms with van der Waals surface area (Å²) >= 11 is 2.85. The highest BCUT2D eigenvalue weighted by atomic mass is 32.2. The van der Waals surface area contributed by atoms with Crippen molar-refractivity contribution in [1.29, 1.82) is 0 Å². The first-order valence-electron chi connectivity index (χ1n) is 8.49. The molecule has 10 nitrogen and oxygen atoms in total. The van der Waals surface area contributed by atoms with Crippen LogP contribution in [0, 0.1) is 0 Å². The highest BCUT2D eigenvalue weighted by Crippen LogP contribution is 2.18. The van der Waals surface area contributed by atoms with E-state index in [1.165, 1.54) is 48.1 Å². The van der Waals surface area contributed by atoms with Gasteiger partial charge in [0.25, 0.3) is 0 Å². The smallest absolute Gasteiger partial charge is 0.331 e. The molecular formula is C16H25N5O5S2. The van der Waals surface area contributed by atoms with Crippen molar-refractivity contribution in [3.05, 3.63) is 11.6 Å². The van der Waals surface area contributed by atoms with E-state index in [1.807, 2.05) is 0 Å².